The van der Waals surface area contributed by atoms with Crippen LogP contribution in [0.15, 0.2) is 131 Å². The van der Waals surface area contributed by atoms with Gasteiger partial charge in [-0.1, -0.05) is 96.7 Å². The Kier molecular flexibility index (Phi) is 8.36. The summed E-state index contributed by atoms with van der Waals surface area (Å²) in [6, 6.07) is 40.0. The third-order valence-corrected chi connectivity index (χ3v) is 11.7. The fourth-order valence-corrected chi connectivity index (χ4v) is 10.2. The third kappa shape index (κ3) is 5.44. The standard InChI is InChI=1S/C32H27N2O3PS/c1-2-37-28(35)23-39-32-29(31(36)33-30(34-32)24-15-7-3-8-16-24)38(25-17-9-4-10-18-25,26-19-11-5-12-20-26)27-21-13-6-14-22-27/h3-22H,2,23H2,1H3/p+1. The van der Waals surface area contributed by atoms with Crippen molar-refractivity contribution in [2.24, 2.45) is 0 Å². The summed E-state index contributed by atoms with van der Waals surface area (Å²) in [6.45, 7) is 2.07. The van der Waals surface area contributed by atoms with Crippen molar-refractivity contribution in [3.63, 3.8) is 0 Å². The van der Waals surface area contributed by atoms with E-state index in [2.05, 4.69) is 41.4 Å². The van der Waals surface area contributed by atoms with Gasteiger partial charge in [0.25, 0.3) is 5.56 Å². The van der Waals surface area contributed by atoms with Crippen LogP contribution in [0.5, 0.6) is 0 Å². The molecule has 0 saturated heterocycles. The van der Waals surface area contributed by atoms with Gasteiger partial charge in [-0.2, -0.15) is 0 Å². The maximum Gasteiger partial charge on any atom is 0.316 e. The highest BCUT2D eigenvalue weighted by Crippen LogP contribution is 2.54. The number of rotatable bonds is 9. The van der Waals surface area contributed by atoms with Crippen molar-refractivity contribution in [3.05, 3.63) is 132 Å². The van der Waals surface area contributed by atoms with Crippen LogP contribution in [0.1, 0.15) is 6.92 Å². The molecule has 1 N–H and O–H groups in total. The van der Waals surface area contributed by atoms with Gasteiger partial charge in [0.1, 0.15) is 26.8 Å². The van der Waals surface area contributed by atoms with Crippen LogP contribution in [0.2, 0.25) is 0 Å². The lowest BCUT2D eigenvalue weighted by Crippen LogP contribution is -2.46. The molecule has 0 unspecified atom stereocenters. The number of benzene rings is 4. The Morgan fingerprint density at radius 2 is 1.23 bits per heavy atom. The molecule has 0 aliphatic heterocycles. The molecule has 194 valence electrons. The molecule has 0 spiro atoms. The number of ether oxygens (including phenoxy) is 1. The summed E-state index contributed by atoms with van der Waals surface area (Å²) in [4.78, 5) is 35.0. The molecule has 5 aromatic rings. The molecule has 4 aromatic carbocycles. The Balaban J connectivity index is 1.87. The fraction of sp³-hybridized carbons (Fsp3) is 0.0938. The molecule has 0 bridgehead atoms. The van der Waals surface area contributed by atoms with E-state index in [0.717, 1.165) is 21.5 Å². The van der Waals surface area contributed by atoms with Gasteiger partial charge in [-0.25, -0.2) is 4.98 Å². The minimum atomic E-state index is -2.75. The quantitative estimate of drug-likeness (QED) is 0.124. The van der Waals surface area contributed by atoms with Crippen LogP contribution < -0.4 is 26.8 Å². The van der Waals surface area contributed by atoms with Crippen LogP contribution in [-0.2, 0) is 9.53 Å². The van der Waals surface area contributed by atoms with Crippen LogP contribution in [0.4, 0.5) is 0 Å². The van der Waals surface area contributed by atoms with Crippen molar-refractivity contribution in [2.75, 3.05) is 12.4 Å². The van der Waals surface area contributed by atoms with Gasteiger partial charge in [-0.05, 0) is 43.3 Å². The zero-order valence-electron chi connectivity index (χ0n) is 21.5. The monoisotopic (exact) mass is 551 g/mol. The molecule has 7 heteroatoms. The van der Waals surface area contributed by atoms with Crippen LogP contribution in [-0.4, -0.2) is 28.3 Å². The lowest BCUT2D eigenvalue weighted by atomic mass is 10.2. The molecule has 0 atom stereocenters. The zero-order valence-corrected chi connectivity index (χ0v) is 23.2. The highest BCUT2D eigenvalue weighted by atomic mass is 32.2. The Morgan fingerprint density at radius 1 is 0.769 bits per heavy atom. The van der Waals surface area contributed by atoms with Gasteiger partial charge in [-0.15, -0.1) is 0 Å². The van der Waals surface area contributed by atoms with Crippen LogP contribution in [0.3, 0.4) is 0 Å². The second kappa shape index (κ2) is 12.2. The summed E-state index contributed by atoms with van der Waals surface area (Å²) in [5, 5.41) is 4.18. The molecule has 0 fully saturated rings. The molecule has 5 rings (SSSR count). The Bertz CT molecular complexity index is 1500. The van der Waals surface area contributed by atoms with Gasteiger partial charge >= 0.3 is 5.97 Å². The third-order valence-electron chi connectivity index (χ3n) is 6.31. The molecule has 5 nitrogen and oxygen atoms in total. The second-order valence-electron chi connectivity index (χ2n) is 8.71. The van der Waals surface area contributed by atoms with Crippen LogP contribution >= 0.6 is 19.0 Å². The largest absolute Gasteiger partial charge is 0.465 e. The Labute approximate surface area is 232 Å². The fourth-order valence-electron chi connectivity index (χ4n) is 4.69. The predicted octanol–water partition coefficient (Wildman–Crippen LogP) is 4.71. The van der Waals surface area contributed by atoms with E-state index in [1.165, 1.54) is 11.8 Å². The molecule has 1 heterocycles. The number of H-pyrrole nitrogens is 1. The number of aromatic amines is 1. The minimum absolute atomic E-state index is 0.0455. The summed E-state index contributed by atoms with van der Waals surface area (Å²) >= 11 is 1.25. The van der Waals surface area contributed by atoms with Gasteiger partial charge in [-0.3, -0.25) is 9.59 Å². The maximum absolute atomic E-state index is 14.4. The summed E-state index contributed by atoms with van der Waals surface area (Å²) in [5.74, 6) is 0.159. The van der Waals surface area contributed by atoms with E-state index >= 15 is 0 Å². The lowest BCUT2D eigenvalue weighted by Gasteiger charge is -2.28. The van der Waals surface area contributed by atoms with Crippen molar-refractivity contribution in [1.29, 1.82) is 0 Å². The van der Waals surface area contributed by atoms with Crippen molar-refractivity contribution in [3.8, 4) is 11.4 Å². The molecule has 0 radical (unpaired) electrons. The van der Waals surface area contributed by atoms with Crippen molar-refractivity contribution >= 4 is 46.2 Å². The van der Waals surface area contributed by atoms with E-state index < -0.39 is 7.26 Å². The van der Waals surface area contributed by atoms with Crippen LogP contribution in [0.25, 0.3) is 11.4 Å². The number of aromatic nitrogens is 2. The van der Waals surface area contributed by atoms with Gasteiger partial charge in [0, 0.05) is 5.56 Å². The maximum atomic E-state index is 14.4. The van der Waals surface area contributed by atoms with Crippen molar-refractivity contribution < 1.29 is 9.53 Å². The molecule has 1 aromatic heterocycles. The first-order chi connectivity index (χ1) is 19.1. The van der Waals surface area contributed by atoms with Gasteiger partial charge in [0.2, 0.25) is 5.30 Å². The van der Waals surface area contributed by atoms with Crippen molar-refractivity contribution in [1.82, 2.24) is 9.97 Å². The van der Waals surface area contributed by atoms with E-state index in [1.807, 2.05) is 84.9 Å². The Morgan fingerprint density at radius 3 is 1.69 bits per heavy atom. The molecule has 0 aliphatic carbocycles. The molecule has 0 saturated carbocycles. The summed E-state index contributed by atoms with van der Waals surface area (Å²) in [5.41, 5.74) is 0.572. The second-order valence-corrected chi connectivity index (χ2v) is 13.0. The number of carbonyl (C=O) groups is 1. The van der Waals surface area contributed by atoms with E-state index in [-0.39, 0.29) is 17.3 Å². The molecular weight excluding hydrogens is 523 g/mol. The van der Waals surface area contributed by atoms with Gasteiger partial charge in [0.15, 0.2) is 7.26 Å². The first-order valence-electron chi connectivity index (χ1n) is 12.7. The summed E-state index contributed by atoms with van der Waals surface area (Å²) < 4.78 is 5.22. The number of thioether (sulfide) groups is 1. The highest BCUT2D eigenvalue weighted by Gasteiger charge is 2.52. The van der Waals surface area contributed by atoms with E-state index in [0.29, 0.717) is 22.8 Å². The number of nitrogens with one attached hydrogen (secondary N) is 1. The molecular formula is C32H28N2O3PS+. The van der Waals surface area contributed by atoms with E-state index in [1.54, 1.807) is 6.92 Å². The average molecular weight is 552 g/mol. The Hall–Kier alpha value is -3.99. The minimum Gasteiger partial charge on any atom is -0.465 e. The van der Waals surface area contributed by atoms with Gasteiger partial charge in [0.05, 0.1) is 12.4 Å². The summed E-state index contributed by atoms with van der Waals surface area (Å²) in [7, 11) is -2.75. The van der Waals surface area contributed by atoms with Crippen LogP contribution in [0, 0.1) is 0 Å². The molecule has 39 heavy (non-hydrogen) atoms. The first kappa shape index (κ1) is 26.6. The average Bonchev–Trinajstić information content (AvgIpc) is 2.99. The molecule has 0 aliphatic rings. The lowest BCUT2D eigenvalue weighted by molar-refractivity contribution is -0.139. The smallest absolute Gasteiger partial charge is 0.316 e. The normalized spacial score (nSPS) is 11.2. The number of hydrogen-bond acceptors (Lipinski definition) is 5. The number of carbonyl (C=O) groups excluding carboxylic acids is 1. The van der Waals surface area contributed by atoms with Gasteiger partial charge < -0.3 is 9.72 Å². The van der Waals surface area contributed by atoms with Crippen molar-refractivity contribution in [2.45, 2.75) is 11.9 Å². The van der Waals surface area contributed by atoms with E-state index in [4.69, 9.17) is 9.72 Å². The highest BCUT2D eigenvalue weighted by molar-refractivity contribution is 8.04. The SMILES string of the molecule is CCOC(=O)CSc1nc(-c2ccccc2)[nH]c(=O)c1[P+](c1ccccc1)(c1ccccc1)c1ccccc1. The van der Waals surface area contributed by atoms with E-state index in [9.17, 15) is 9.59 Å². The summed E-state index contributed by atoms with van der Waals surface area (Å²) in [6.07, 6.45) is 0. The number of nitrogens with zero attached hydrogens (tertiary/aromatic N) is 1. The predicted molar refractivity (Wildman–Crippen MR) is 162 cm³/mol. The number of esters is 1. The first-order valence-corrected chi connectivity index (χ1v) is 15.5. The molecule has 0 amide bonds. The topological polar surface area (TPSA) is 72.0 Å². The number of hydrogen-bond donors (Lipinski definition) is 1. The zero-order chi connectivity index (χ0) is 27.1.